The molecule has 9 nitrogen and oxygen atoms in total. The molecule has 0 unspecified atom stereocenters. The molecule has 0 spiro atoms. The molecular weight excluding hydrogens is 514 g/mol. The van der Waals surface area contributed by atoms with Gasteiger partial charge in [-0.05, 0) is 13.3 Å². The van der Waals surface area contributed by atoms with Gasteiger partial charge in [0.05, 0.1) is 22.9 Å². The first-order chi connectivity index (χ1) is 17.4. The summed E-state index contributed by atoms with van der Waals surface area (Å²) in [4.78, 5) is 32.0. The SMILES string of the molecule is CCCCCCCCCC[C@@]1(C)C(c2cn3cnc(S(C)(=O)=O)c3s2)=C(C(=O)O)N2C(=O)[C@H]([C@@H](C)O)[C@@H]21. The van der Waals surface area contributed by atoms with Gasteiger partial charge in [-0.25, -0.2) is 18.2 Å². The van der Waals surface area contributed by atoms with E-state index in [9.17, 15) is 28.2 Å². The summed E-state index contributed by atoms with van der Waals surface area (Å²) in [5.41, 5.74) is -0.225. The van der Waals surface area contributed by atoms with Gasteiger partial charge in [-0.2, -0.15) is 0 Å². The van der Waals surface area contributed by atoms with Gasteiger partial charge in [0.2, 0.25) is 5.91 Å². The second kappa shape index (κ2) is 10.5. The Hall–Kier alpha value is -2.24. The first kappa shape index (κ1) is 27.8. The van der Waals surface area contributed by atoms with E-state index in [1.54, 1.807) is 17.5 Å². The van der Waals surface area contributed by atoms with Crippen molar-refractivity contribution in [2.24, 2.45) is 11.3 Å². The fraction of sp³-hybridized carbons (Fsp3) is 0.654. The van der Waals surface area contributed by atoms with Gasteiger partial charge >= 0.3 is 5.97 Å². The highest BCUT2D eigenvalue weighted by Gasteiger charge is 2.66. The molecule has 2 aliphatic rings. The Balaban J connectivity index is 1.70. The van der Waals surface area contributed by atoms with Gasteiger partial charge < -0.3 is 15.1 Å². The van der Waals surface area contributed by atoms with E-state index < -0.39 is 39.3 Å². The third kappa shape index (κ3) is 4.85. The number of hydrogen-bond acceptors (Lipinski definition) is 7. The van der Waals surface area contributed by atoms with Crippen molar-refractivity contribution < 1.29 is 28.2 Å². The summed E-state index contributed by atoms with van der Waals surface area (Å²) in [6, 6.07) is -0.459. The van der Waals surface area contributed by atoms with Crippen molar-refractivity contribution in [1.82, 2.24) is 14.3 Å². The Morgan fingerprint density at radius 2 is 1.81 bits per heavy atom. The van der Waals surface area contributed by atoms with E-state index in [0.717, 1.165) is 25.5 Å². The van der Waals surface area contributed by atoms with Gasteiger partial charge in [0.25, 0.3) is 0 Å². The fourth-order valence-electron chi connectivity index (χ4n) is 6.11. The third-order valence-corrected chi connectivity index (χ3v) is 10.1. The number of imidazole rings is 1. The molecule has 2 aliphatic heterocycles. The number of amides is 1. The molecule has 4 rings (SSSR count). The van der Waals surface area contributed by atoms with Crippen molar-refractivity contribution >= 4 is 43.5 Å². The van der Waals surface area contributed by atoms with Crippen LogP contribution in [0, 0.1) is 11.3 Å². The highest BCUT2D eigenvalue weighted by molar-refractivity contribution is 7.91. The summed E-state index contributed by atoms with van der Waals surface area (Å²) in [6.07, 6.45) is 13.0. The Labute approximate surface area is 222 Å². The average Bonchev–Trinajstić information content (AvgIpc) is 3.43. The summed E-state index contributed by atoms with van der Waals surface area (Å²) in [6.45, 7) is 5.76. The maximum Gasteiger partial charge on any atom is 0.352 e. The number of aromatic nitrogens is 2. The smallest absolute Gasteiger partial charge is 0.352 e. The van der Waals surface area contributed by atoms with E-state index in [-0.39, 0.29) is 16.6 Å². The number of fused-ring (bicyclic) bond motifs is 2. The molecule has 4 atom stereocenters. The third-order valence-electron chi connectivity index (χ3n) is 7.89. The van der Waals surface area contributed by atoms with E-state index in [1.165, 1.54) is 54.7 Å². The van der Waals surface area contributed by atoms with Crippen molar-refractivity contribution in [3.63, 3.8) is 0 Å². The second-order valence-electron chi connectivity index (χ2n) is 10.7. The van der Waals surface area contributed by atoms with Gasteiger partial charge in [-0.1, -0.05) is 65.2 Å². The summed E-state index contributed by atoms with van der Waals surface area (Å²) < 4.78 is 26.1. The van der Waals surface area contributed by atoms with Crippen LogP contribution in [0.4, 0.5) is 0 Å². The van der Waals surface area contributed by atoms with E-state index in [0.29, 0.717) is 21.7 Å². The highest BCUT2D eigenvalue weighted by atomic mass is 32.2. The minimum absolute atomic E-state index is 0.0507. The van der Waals surface area contributed by atoms with Crippen LogP contribution in [0.3, 0.4) is 0 Å². The number of aliphatic hydroxyl groups is 1. The van der Waals surface area contributed by atoms with Crippen molar-refractivity contribution in [3.05, 3.63) is 23.1 Å². The van der Waals surface area contributed by atoms with Gasteiger partial charge in [-0.15, -0.1) is 11.3 Å². The maximum atomic E-state index is 13.1. The van der Waals surface area contributed by atoms with E-state index in [1.807, 2.05) is 6.92 Å². The first-order valence-electron chi connectivity index (χ1n) is 13.1. The fourth-order valence-corrected chi connectivity index (χ4v) is 8.50. The van der Waals surface area contributed by atoms with Gasteiger partial charge in [0.1, 0.15) is 16.9 Å². The largest absolute Gasteiger partial charge is 0.477 e. The molecule has 2 aromatic heterocycles. The van der Waals surface area contributed by atoms with Crippen molar-refractivity contribution in [1.29, 1.82) is 0 Å². The normalized spacial score (nSPS) is 24.6. The summed E-state index contributed by atoms with van der Waals surface area (Å²) in [5.74, 6) is -2.25. The Morgan fingerprint density at radius 1 is 1.19 bits per heavy atom. The van der Waals surface area contributed by atoms with Crippen LogP contribution in [-0.2, 0) is 19.4 Å². The topological polar surface area (TPSA) is 129 Å². The number of rotatable bonds is 13. The van der Waals surface area contributed by atoms with Gasteiger partial charge in [-0.3, -0.25) is 9.20 Å². The standard InChI is InChI=1S/C26H37N3O6S2/c1-5-6-7-8-9-10-11-12-13-26(3)19(17-14-28-15-27-22(24(28)36-17)37(4,34)35)20(25(32)33)29-21(26)18(16(2)30)23(29)31/h14-16,18,21,30H,5-13H2,1-4H3,(H,32,33)/t16-,18-,21-,26+/m1/s1. The zero-order valence-electron chi connectivity index (χ0n) is 21.9. The van der Waals surface area contributed by atoms with Crippen LogP contribution < -0.4 is 0 Å². The molecule has 204 valence electrons. The van der Waals surface area contributed by atoms with Crippen LogP contribution >= 0.6 is 11.3 Å². The van der Waals surface area contributed by atoms with Crippen molar-refractivity contribution in [3.8, 4) is 0 Å². The number of nitrogens with zero attached hydrogens (tertiary/aromatic N) is 3. The molecule has 0 aliphatic carbocycles. The molecule has 0 bridgehead atoms. The zero-order valence-corrected chi connectivity index (χ0v) is 23.6. The summed E-state index contributed by atoms with van der Waals surface area (Å²) >= 11 is 1.18. The summed E-state index contributed by atoms with van der Waals surface area (Å²) in [5, 5.41) is 20.6. The number of unbranched alkanes of at least 4 members (excludes halogenated alkanes) is 7. The van der Waals surface area contributed by atoms with E-state index in [2.05, 4.69) is 11.9 Å². The Morgan fingerprint density at radius 3 is 2.38 bits per heavy atom. The highest BCUT2D eigenvalue weighted by Crippen LogP contribution is 2.60. The van der Waals surface area contributed by atoms with Crippen LogP contribution in [0.5, 0.6) is 0 Å². The minimum Gasteiger partial charge on any atom is -0.477 e. The van der Waals surface area contributed by atoms with Gasteiger partial charge in [0, 0.05) is 23.4 Å². The molecule has 37 heavy (non-hydrogen) atoms. The molecule has 0 aromatic carbocycles. The maximum absolute atomic E-state index is 13.1. The minimum atomic E-state index is -3.57. The number of carbonyl (C=O) groups is 2. The number of thiazole rings is 1. The lowest BCUT2D eigenvalue weighted by atomic mass is 9.65. The number of carboxylic acids is 1. The second-order valence-corrected chi connectivity index (χ2v) is 13.7. The quantitative estimate of drug-likeness (QED) is 0.280. The van der Waals surface area contributed by atoms with Crippen molar-refractivity contribution in [2.75, 3.05) is 6.26 Å². The number of hydrogen-bond donors (Lipinski definition) is 2. The summed E-state index contributed by atoms with van der Waals surface area (Å²) in [7, 11) is -3.57. The molecule has 1 amide bonds. The van der Waals surface area contributed by atoms with Crippen LogP contribution in [-0.4, -0.2) is 63.2 Å². The predicted molar refractivity (Wildman–Crippen MR) is 142 cm³/mol. The number of aliphatic hydroxyl groups excluding tert-OH is 1. The van der Waals surface area contributed by atoms with E-state index >= 15 is 0 Å². The molecule has 2 aromatic rings. The molecule has 2 N–H and O–H groups in total. The lowest BCUT2D eigenvalue weighted by Crippen LogP contribution is -2.66. The molecule has 1 saturated heterocycles. The van der Waals surface area contributed by atoms with Crippen LogP contribution in [0.1, 0.15) is 83.4 Å². The molecule has 0 saturated carbocycles. The lowest BCUT2D eigenvalue weighted by Gasteiger charge is -2.51. The molecule has 4 heterocycles. The number of carbonyl (C=O) groups excluding carboxylic acids is 1. The molecule has 0 radical (unpaired) electrons. The molecular formula is C26H37N3O6S2. The monoisotopic (exact) mass is 551 g/mol. The van der Waals surface area contributed by atoms with Crippen LogP contribution in [0.25, 0.3) is 10.4 Å². The number of sulfone groups is 1. The number of aliphatic carboxylic acids is 1. The van der Waals surface area contributed by atoms with E-state index in [4.69, 9.17) is 0 Å². The number of β-lactam (4-membered cyclic amide) rings is 1. The zero-order chi connectivity index (χ0) is 27.1. The predicted octanol–water partition coefficient (Wildman–Crippen LogP) is 4.35. The Kier molecular flexibility index (Phi) is 7.88. The van der Waals surface area contributed by atoms with Gasteiger partial charge in [0.15, 0.2) is 14.9 Å². The first-order valence-corrected chi connectivity index (χ1v) is 15.8. The average molecular weight is 552 g/mol. The van der Waals surface area contributed by atoms with Crippen LogP contribution in [0.15, 0.2) is 23.2 Å². The Bertz CT molecular complexity index is 1320. The molecule has 1 fully saturated rings. The number of carboxylic acid groups (broad SMARTS) is 1. The van der Waals surface area contributed by atoms with Crippen LogP contribution in [0.2, 0.25) is 0 Å². The lowest BCUT2D eigenvalue weighted by molar-refractivity contribution is -0.166. The molecule has 11 heteroatoms. The van der Waals surface area contributed by atoms with Crippen molar-refractivity contribution in [2.45, 2.75) is 95.7 Å².